The number of nitrogens with one attached hydrogen (secondary N) is 1. The van der Waals surface area contributed by atoms with E-state index in [4.69, 9.17) is 0 Å². The van der Waals surface area contributed by atoms with Gasteiger partial charge in [-0.1, -0.05) is 6.08 Å². The van der Waals surface area contributed by atoms with E-state index >= 15 is 0 Å². The monoisotopic (exact) mass is 220 g/mol. The number of aromatic nitrogens is 2. The molecule has 0 atom stereocenters. The fraction of sp³-hybridized carbons (Fsp3) is 0.300. The fourth-order valence-corrected chi connectivity index (χ4v) is 1.59. The molecule has 0 aliphatic carbocycles. The summed E-state index contributed by atoms with van der Waals surface area (Å²) in [5.74, 6) is -0.193. The Morgan fingerprint density at radius 2 is 2.38 bits per heavy atom. The molecule has 1 fully saturated rings. The third kappa shape index (κ3) is 1.81. The van der Waals surface area contributed by atoms with Gasteiger partial charge in [-0.05, 0) is 6.07 Å². The number of carbonyl (C=O) groups is 2. The van der Waals surface area contributed by atoms with Crippen molar-refractivity contribution in [2.75, 3.05) is 13.1 Å². The Morgan fingerprint density at radius 3 is 3.00 bits per heavy atom. The number of carbonyl (C=O) groups excluding carboxylic acids is 2. The Kier molecular flexibility index (Phi) is 2.72. The van der Waals surface area contributed by atoms with Crippen molar-refractivity contribution in [2.24, 2.45) is 0 Å². The molecule has 1 saturated heterocycles. The van der Waals surface area contributed by atoms with Gasteiger partial charge in [-0.15, -0.1) is 6.58 Å². The van der Waals surface area contributed by atoms with Crippen LogP contribution in [0, 0.1) is 0 Å². The van der Waals surface area contributed by atoms with Crippen molar-refractivity contribution in [1.29, 1.82) is 0 Å². The molecule has 2 rings (SSSR count). The zero-order chi connectivity index (χ0) is 11.5. The molecular weight excluding hydrogens is 208 g/mol. The largest absolute Gasteiger partial charge is 0.327 e. The normalized spacial score (nSPS) is 16.0. The first-order chi connectivity index (χ1) is 7.72. The van der Waals surface area contributed by atoms with Gasteiger partial charge in [0.15, 0.2) is 0 Å². The Balaban J connectivity index is 2.07. The molecule has 1 aliphatic heterocycles. The molecule has 0 spiro atoms. The number of imide groups is 1. The van der Waals surface area contributed by atoms with Crippen molar-refractivity contribution in [3.63, 3.8) is 0 Å². The lowest BCUT2D eigenvalue weighted by molar-refractivity contribution is -0.125. The molecule has 84 valence electrons. The lowest BCUT2D eigenvalue weighted by Gasteiger charge is -2.14. The second-order valence-electron chi connectivity index (χ2n) is 3.51. The Labute approximate surface area is 92.5 Å². The summed E-state index contributed by atoms with van der Waals surface area (Å²) in [6.07, 6.45) is 3.19. The van der Waals surface area contributed by atoms with Crippen molar-refractivity contribution in [3.8, 4) is 0 Å². The zero-order valence-corrected chi connectivity index (χ0v) is 8.72. The minimum Gasteiger partial charge on any atom is -0.311 e. The summed E-state index contributed by atoms with van der Waals surface area (Å²) >= 11 is 0. The summed E-state index contributed by atoms with van der Waals surface area (Å²) < 4.78 is 0. The summed E-state index contributed by atoms with van der Waals surface area (Å²) in [5, 5.41) is 6.48. The fourth-order valence-electron chi connectivity index (χ4n) is 1.59. The summed E-state index contributed by atoms with van der Waals surface area (Å²) in [5.41, 5.74) is 0.738. The van der Waals surface area contributed by atoms with Crippen molar-refractivity contribution < 1.29 is 9.59 Å². The summed E-state index contributed by atoms with van der Waals surface area (Å²) in [4.78, 5) is 26.0. The second-order valence-corrected chi connectivity index (χ2v) is 3.51. The van der Waals surface area contributed by atoms with Gasteiger partial charge in [-0.25, -0.2) is 4.79 Å². The predicted molar refractivity (Wildman–Crippen MR) is 56.3 cm³/mol. The number of amides is 3. The van der Waals surface area contributed by atoms with Crippen LogP contribution >= 0.6 is 0 Å². The Bertz CT molecular complexity index is 412. The van der Waals surface area contributed by atoms with E-state index in [0.717, 1.165) is 5.69 Å². The molecular formula is C10H12N4O2. The third-order valence-corrected chi connectivity index (χ3v) is 2.36. The van der Waals surface area contributed by atoms with Crippen LogP contribution in [-0.2, 0) is 11.3 Å². The first-order valence-corrected chi connectivity index (χ1v) is 4.91. The van der Waals surface area contributed by atoms with E-state index in [1.54, 1.807) is 18.3 Å². The maximum Gasteiger partial charge on any atom is 0.327 e. The van der Waals surface area contributed by atoms with Crippen LogP contribution in [0.2, 0.25) is 0 Å². The maximum absolute atomic E-state index is 11.8. The molecule has 6 heteroatoms. The number of H-pyrrole nitrogens is 1. The zero-order valence-electron chi connectivity index (χ0n) is 8.72. The Morgan fingerprint density at radius 1 is 1.56 bits per heavy atom. The van der Waals surface area contributed by atoms with E-state index in [0.29, 0.717) is 6.54 Å². The average Bonchev–Trinajstić information content (AvgIpc) is 2.84. The number of rotatable bonds is 4. The number of nitrogens with zero attached hydrogens (tertiary/aromatic N) is 3. The van der Waals surface area contributed by atoms with E-state index < -0.39 is 0 Å². The number of aromatic amines is 1. The smallest absolute Gasteiger partial charge is 0.311 e. The molecule has 3 amide bonds. The van der Waals surface area contributed by atoms with Gasteiger partial charge in [-0.3, -0.25) is 14.8 Å². The van der Waals surface area contributed by atoms with E-state index in [1.807, 2.05) is 0 Å². The van der Waals surface area contributed by atoms with Crippen LogP contribution < -0.4 is 0 Å². The summed E-state index contributed by atoms with van der Waals surface area (Å²) in [7, 11) is 0. The third-order valence-electron chi connectivity index (χ3n) is 2.36. The molecule has 0 aromatic carbocycles. The highest BCUT2D eigenvalue weighted by molar-refractivity contribution is 6.01. The van der Waals surface area contributed by atoms with Crippen LogP contribution in [0.5, 0.6) is 0 Å². The average molecular weight is 220 g/mol. The standard InChI is InChI=1S/C10H12N4O2/c1-2-5-13-7-9(15)14(10(13)16)6-8-3-4-11-12-8/h2-4H,1,5-7H2,(H,11,12). The molecule has 1 aliphatic rings. The second kappa shape index (κ2) is 4.18. The van der Waals surface area contributed by atoms with Gasteiger partial charge < -0.3 is 4.90 Å². The van der Waals surface area contributed by atoms with E-state index in [-0.39, 0.29) is 25.0 Å². The van der Waals surface area contributed by atoms with Crippen LogP contribution in [0.4, 0.5) is 4.79 Å². The molecule has 2 heterocycles. The molecule has 1 aromatic rings. The van der Waals surface area contributed by atoms with Gasteiger partial charge in [0.2, 0.25) is 0 Å². The van der Waals surface area contributed by atoms with Gasteiger partial charge >= 0.3 is 6.03 Å². The van der Waals surface area contributed by atoms with Gasteiger partial charge in [0.05, 0.1) is 12.2 Å². The van der Waals surface area contributed by atoms with Gasteiger partial charge in [0, 0.05) is 12.7 Å². The molecule has 0 unspecified atom stereocenters. The van der Waals surface area contributed by atoms with E-state index in [2.05, 4.69) is 16.8 Å². The van der Waals surface area contributed by atoms with Crippen LogP contribution in [-0.4, -0.2) is 45.0 Å². The summed E-state index contributed by atoms with van der Waals surface area (Å²) in [6.45, 7) is 4.30. The van der Waals surface area contributed by atoms with Gasteiger partial charge in [0.25, 0.3) is 5.91 Å². The lowest BCUT2D eigenvalue weighted by Crippen LogP contribution is -2.32. The van der Waals surface area contributed by atoms with Crippen molar-refractivity contribution in [1.82, 2.24) is 20.0 Å². The van der Waals surface area contributed by atoms with Crippen LogP contribution in [0.15, 0.2) is 24.9 Å². The first kappa shape index (κ1) is 10.4. The number of urea groups is 1. The molecule has 1 N–H and O–H groups in total. The molecule has 1 aromatic heterocycles. The SMILES string of the molecule is C=CCN1CC(=O)N(Cc2ccn[nH]2)C1=O. The molecule has 0 saturated carbocycles. The van der Waals surface area contributed by atoms with Crippen LogP contribution in [0.3, 0.4) is 0 Å². The number of hydrogen-bond donors (Lipinski definition) is 1. The lowest BCUT2D eigenvalue weighted by atomic mass is 10.4. The minimum absolute atomic E-state index is 0.124. The first-order valence-electron chi connectivity index (χ1n) is 4.91. The molecule has 0 bridgehead atoms. The quantitative estimate of drug-likeness (QED) is 0.588. The topological polar surface area (TPSA) is 69.3 Å². The minimum atomic E-state index is -0.278. The van der Waals surface area contributed by atoms with E-state index in [9.17, 15) is 9.59 Å². The molecule has 0 radical (unpaired) electrons. The highest BCUT2D eigenvalue weighted by atomic mass is 16.2. The Hall–Kier alpha value is -2.11. The van der Waals surface area contributed by atoms with Gasteiger partial charge in [0.1, 0.15) is 6.54 Å². The van der Waals surface area contributed by atoms with Gasteiger partial charge in [-0.2, -0.15) is 5.10 Å². The highest BCUT2D eigenvalue weighted by Crippen LogP contribution is 2.13. The number of hydrogen-bond acceptors (Lipinski definition) is 3. The molecule has 6 nitrogen and oxygen atoms in total. The van der Waals surface area contributed by atoms with Crippen LogP contribution in [0.25, 0.3) is 0 Å². The maximum atomic E-state index is 11.8. The van der Waals surface area contributed by atoms with Crippen LogP contribution in [0.1, 0.15) is 5.69 Å². The van der Waals surface area contributed by atoms with E-state index in [1.165, 1.54) is 9.80 Å². The summed E-state index contributed by atoms with van der Waals surface area (Å²) in [6, 6.07) is 1.45. The molecule has 16 heavy (non-hydrogen) atoms. The van der Waals surface area contributed by atoms with Crippen molar-refractivity contribution >= 4 is 11.9 Å². The van der Waals surface area contributed by atoms with Crippen molar-refractivity contribution in [3.05, 3.63) is 30.6 Å². The predicted octanol–water partition coefficient (Wildman–Crippen LogP) is 0.360. The highest BCUT2D eigenvalue weighted by Gasteiger charge is 2.35. The van der Waals surface area contributed by atoms with Crippen molar-refractivity contribution in [2.45, 2.75) is 6.54 Å².